The van der Waals surface area contributed by atoms with Gasteiger partial charge in [0.1, 0.15) is 18.1 Å². The number of ether oxygens (including phenoxy) is 3. The van der Waals surface area contributed by atoms with Crippen LogP contribution in [0.15, 0.2) is 46.9 Å². The molecule has 1 atom stereocenters. The Hall–Kier alpha value is -2.05. The van der Waals surface area contributed by atoms with E-state index in [1.165, 1.54) is 0 Å². The highest BCUT2D eigenvalue weighted by atomic mass is 79.9. The van der Waals surface area contributed by atoms with Gasteiger partial charge in [0.15, 0.2) is 0 Å². The second-order valence-corrected chi connectivity index (χ2v) is 6.63. The molecule has 132 valence electrons. The number of hydrogen-bond donors (Lipinski definition) is 1. The fourth-order valence-corrected chi connectivity index (χ4v) is 3.11. The molecule has 0 aromatic heterocycles. The topological polar surface area (TPSA) is 56.8 Å². The SMILES string of the molecule is COc1cccc(NC(=O)c2ccc(OCC3CCCO3)c(Br)c2)c1. The number of rotatable bonds is 6. The predicted octanol–water partition coefficient (Wildman–Crippen LogP) is 4.27. The van der Waals surface area contributed by atoms with E-state index in [0.717, 1.165) is 23.9 Å². The van der Waals surface area contributed by atoms with Gasteiger partial charge in [-0.05, 0) is 59.1 Å². The molecule has 0 saturated carbocycles. The van der Waals surface area contributed by atoms with Gasteiger partial charge in [0, 0.05) is 23.9 Å². The van der Waals surface area contributed by atoms with Crippen molar-refractivity contribution < 1.29 is 19.0 Å². The molecule has 3 rings (SSSR count). The average molecular weight is 406 g/mol. The average Bonchev–Trinajstić information content (AvgIpc) is 3.14. The van der Waals surface area contributed by atoms with Crippen molar-refractivity contribution in [3.63, 3.8) is 0 Å². The monoisotopic (exact) mass is 405 g/mol. The van der Waals surface area contributed by atoms with Gasteiger partial charge in [-0.2, -0.15) is 0 Å². The number of methoxy groups -OCH3 is 1. The van der Waals surface area contributed by atoms with Gasteiger partial charge in [0.05, 0.1) is 17.7 Å². The van der Waals surface area contributed by atoms with Gasteiger partial charge in [-0.1, -0.05) is 6.07 Å². The molecule has 1 aliphatic rings. The Morgan fingerprint density at radius 2 is 2.20 bits per heavy atom. The molecule has 1 N–H and O–H groups in total. The molecule has 2 aromatic rings. The molecule has 0 bridgehead atoms. The van der Waals surface area contributed by atoms with Crippen LogP contribution in [0.5, 0.6) is 11.5 Å². The van der Waals surface area contributed by atoms with Crippen LogP contribution in [-0.2, 0) is 4.74 Å². The third-order valence-corrected chi connectivity index (χ3v) is 4.59. The molecule has 1 unspecified atom stereocenters. The number of carbonyl (C=O) groups excluding carboxylic acids is 1. The maximum Gasteiger partial charge on any atom is 0.255 e. The second-order valence-electron chi connectivity index (χ2n) is 5.78. The lowest BCUT2D eigenvalue weighted by Gasteiger charge is -2.13. The summed E-state index contributed by atoms with van der Waals surface area (Å²) in [5, 5.41) is 2.86. The quantitative estimate of drug-likeness (QED) is 0.779. The van der Waals surface area contributed by atoms with E-state index in [2.05, 4.69) is 21.2 Å². The number of carbonyl (C=O) groups is 1. The van der Waals surface area contributed by atoms with E-state index in [-0.39, 0.29) is 12.0 Å². The largest absolute Gasteiger partial charge is 0.497 e. The van der Waals surface area contributed by atoms with E-state index < -0.39 is 0 Å². The van der Waals surface area contributed by atoms with Crippen molar-refractivity contribution in [3.8, 4) is 11.5 Å². The summed E-state index contributed by atoms with van der Waals surface area (Å²) in [5.41, 5.74) is 1.22. The van der Waals surface area contributed by atoms with Crippen LogP contribution in [0.2, 0.25) is 0 Å². The maximum absolute atomic E-state index is 12.4. The summed E-state index contributed by atoms with van der Waals surface area (Å²) in [6.07, 6.45) is 2.26. The van der Waals surface area contributed by atoms with Crippen molar-refractivity contribution in [1.29, 1.82) is 0 Å². The molecule has 0 aliphatic carbocycles. The fraction of sp³-hybridized carbons (Fsp3) is 0.316. The first-order chi connectivity index (χ1) is 12.2. The molecule has 5 nitrogen and oxygen atoms in total. The normalized spacial score (nSPS) is 16.5. The molecular formula is C19H20BrNO4. The van der Waals surface area contributed by atoms with Crippen molar-refractivity contribution in [1.82, 2.24) is 0 Å². The Bertz CT molecular complexity index is 744. The number of halogens is 1. The van der Waals surface area contributed by atoms with Gasteiger partial charge in [0.25, 0.3) is 5.91 Å². The molecule has 1 amide bonds. The fourth-order valence-electron chi connectivity index (χ4n) is 2.62. The summed E-state index contributed by atoms with van der Waals surface area (Å²) >= 11 is 3.47. The van der Waals surface area contributed by atoms with E-state index >= 15 is 0 Å². The zero-order valence-corrected chi connectivity index (χ0v) is 15.5. The first-order valence-electron chi connectivity index (χ1n) is 8.15. The van der Waals surface area contributed by atoms with E-state index in [9.17, 15) is 4.79 Å². The van der Waals surface area contributed by atoms with Crippen molar-refractivity contribution >= 4 is 27.5 Å². The molecule has 1 aliphatic heterocycles. The van der Waals surface area contributed by atoms with E-state index in [1.807, 2.05) is 18.2 Å². The molecule has 1 fully saturated rings. The van der Waals surface area contributed by atoms with Gasteiger partial charge in [-0.25, -0.2) is 0 Å². The molecule has 0 spiro atoms. The summed E-state index contributed by atoms with van der Waals surface area (Å²) < 4.78 is 17.2. The minimum Gasteiger partial charge on any atom is -0.497 e. The number of anilines is 1. The van der Waals surface area contributed by atoms with E-state index in [4.69, 9.17) is 14.2 Å². The number of benzene rings is 2. The Morgan fingerprint density at radius 3 is 2.92 bits per heavy atom. The third kappa shape index (κ3) is 4.74. The lowest BCUT2D eigenvalue weighted by molar-refractivity contribution is 0.0677. The molecule has 6 heteroatoms. The minimum atomic E-state index is -0.195. The zero-order chi connectivity index (χ0) is 17.6. The molecule has 1 heterocycles. The lowest BCUT2D eigenvalue weighted by Crippen LogP contribution is -2.16. The minimum absolute atomic E-state index is 0.155. The van der Waals surface area contributed by atoms with Crippen LogP contribution < -0.4 is 14.8 Å². The van der Waals surface area contributed by atoms with Crippen LogP contribution in [0.4, 0.5) is 5.69 Å². The Labute approximate surface area is 155 Å². The standard InChI is InChI=1S/C19H20BrNO4/c1-23-15-5-2-4-14(11-15)21-19(22)13-7-8-18(17(20)10-13)25-12-16-6-3-9-24-16/h2,4-5,7-8,10-11,16H,3,6,9,12H2,1H3,(H,21,22). The summed E-state index contributed by atoms with van der Waals surface area (Å²) in [5.74, 6) is 1.20. The molecule has 0 radical (unpaired) electrons. The smallest absolute Gasteiger partial charge is 0.255 e. The maximum atomic E-state index is 12.4. The highest BCUT2D eigenvalue weighted by Gasteiger charge is 2.17. The summed E-state index contributed by atoms with van der Waals surface area (Å²) in [6, 6.07) is 12.5. The Morgan fingerprint density at radius 1 is 1.32 bits per heavy atom. The van der Waals surface area contributed by atoms with Gasteiger partial charge in [-0.15, -0.1) is 0 Å². The van der Waals surface area contributed by atoms with Gasteiger partial charge < -0.3 is 19.5 Å². The van der Waals surface area contributed by atoms with E-state index in [1.54, 1.807) is 31.4 Å². The Balaban J connectivity index is 1.63. The van der Waals surface area contributed by atoms with Crippen LogP contribution in [0.3, 0.4) is 0 Å². The third-order valence-electron chi connectivity index (χ3n) is 3.97. The summed E-state index contributed by atoms with van der Waals surface area (Å²) in [7, 11) is 1.59. The highest BCUT2D eigenvalue weighted by Crippen LogP contribution is 2.27. The van der Waals surface area contributed by atoms with E-state index in [0.29, 0.717) is 29.4 Å². The summed E-state index contributed by atoms with van der Waals surface area (Å²) in [6.45, 7) is 1.33. The molecular weight excluding hydrogens is 386 g/mol. The van der Waals surface area contributed by atoms with Crippen LogP contribution in [0.1, 0.15) is 23.2 Å². The number of nitrogens with one attached hydrogen (secondary N) is 1. The van der Waals surface area contributed by atoms with Crippen molar-refractivity contribution in [2.24, 2.45) is 0 Å². The van der Waals surface area contributed by atoms with Crippen LogP contribution in [0.25, 0.3) is 0 Å². The predicted molar refractivity (Wildman–Crippen MR) is 99.6 cm³/mol. The van der Waals surface area contributed by atoms with Crippen molar-refractivity contribution in [2.75, 3.05) is 25.6 Å². The number of hydrogen-bond acceptors (Lipinski definition) is 4. The molecule has 1 saturated heterocycles. The van der Waals surface area contributed by atoms with Gasteiger partial charge >= 0.3 is 0 Å². The molecule has 2 aromatic carbocycles. The van der Waals surface area contributed by atoms with Gasteiger partial charge in [-0.3, -0.25) is 4.79 Å². The van der Waals surface area contributed by atoms with Crippen molar-refractivity contribution in [2.45, 2.75) is 18.9 Å². The van der Waals surface area contributed by atoms with Crippen molar-refractivity contribution in [3.05, 3.63) is 52.5 Å². The van der Waals surface area contributed by atoms with Gasteiger partial charge in [0.2, 0.25) is 0 Å². The number of amides is 1. The second kappa shape index (κ2) is 8.36. The summed E-state index contributed by atoms with van der Waals surface area (Å²) in [4.78, 5) is 12.4. The molecule has 25 heavy (non-hydrogen) atoms. The highest BCUT2D eigenvalue weighted by molar-refractivity contribution is 9.10. The zero-order valence-electron chi connectivity index (χ0n) is 14.0. The van der Waals surface area contributed by atoms with Crippen LogP contribution in [-0.4, -0.2) is 32.3 Å². The van der Waals surface area contributed by atoms with Crippen LogP contribution >= 0.6 is 15.9 Å². The first kappa shape index (κ1) is 17.8. The first-order valence-corrected chi connectivity index (χ1v) is 8.94. The Kier molecular flexibility index (Phi) is 5.94. The lowest BCUT2D eigenvalue weighted by atomic mass is 10.2. The van der Waals surface area contributed by atoms with Crippen LogP contribution in [0, 0.1) is 0 Å².